The number of nitrogens with one attached hydrogen (secondary N) is 1. The maximum Gasteiger partial charge on any atom is 0.223 e. The van der Waals surface area contributed by atoms with Crippen molar-refractivity contribution in [3.8, 4) is 0 Å². The summed E-state index contributed by atoms with van der Waals surface area (Å²) in [5.74, 6) is 1.71. The zero-order valence-corrected chi connectivity index (χ0v) is 16.0. The minimum absolute atomic E-state index is 0.100. The summed E-state index contributed by atoms with van der Waals surface area (Å²) >= 11 is 0. The van der Waals surface area contributed by atoms with Crippen LogP contribution in [-0.2, 0) is 4.79 Å². The summed E-state index contributed by atoms with van der Waals surface area (Å²) in [6, 6.07) is 10.0. The molecule has 1 aliphatic carbocycles. The molecule has 0 radical (unpaired) electrons. The molecule has 4 rings (SSSR count). The quantitative estimate of drug-likeness (QED) is 0.830. The van der Waals surface area contributed by atoms with E-state index in [0.29, 0.717) is 18.2 Å². The van der Waals surface area contributed by atoms with Gasteiger partial charge in [-0.2, -0.15) is 0 Å². The van der Waals surface area contributed by atoms with E-state index in [0.717, 1.165) is 42.3 Å². The summed E-state index contributed by atoms with van der Waals surface area (Å²) in [5, 5.41) is 3.36. The standard InChI is InChI=1S/C22H28N4O/c1-16-13-18(25-21-10-4-5-11-23-21)15-19(24-16)20-9-6-12-26(20)22(27)14-17-7-2-3-8-17/h4-5,10-11,13,15,17,20H,2-3,6-9,12,14H2,1H3,(H,23,24,25)/t20-/m0/s1. The first-order valence-electron chi connectivity index (χ1n) is 10.1. The molecule has 5 nitrogen and oxygen atoms in total. The van der Waals surface area contributed by atoms with E-state index < -0.39 is 0 Å². The van der Waals surface area contributed by atoms with Crippen LogP contribution in [0.15, 0.2) is 36.5 Å². The van der Waals surface area contributed by atoms with E-state index in [-0.39, 0.29) is 6.04 Å². The number of aromatic nitrogens is 2. The van der Waals surface area contributed by atoms with Crippen LogP contribution in [0.4, 0.5) is 11.5 Å². The molecule has 5 heteroatoms. The first kappa shape index (κ1) is 18.0. The van der Waals surface area contributed by atoms with Gasteiger partial charge in [-0.3, -0.25) is 9.78 Å². The number of nitrogens with zero attached hydrogens (tertiary/aromatic N) is 3. The van der Waals surface area contributed by atoms with Gasteiger partial charge in [-0.15, -0.1) is 0 Å². The Hall–Kier alpha value is -2.43. The van der Waals surface area contributed by atoms with Crippen LogP contribution in [0.25, 0.3) is 0 Å². The number of amides is 1. The molecule has 3 heterocycles. The smallest absolute Gasteiger partial charge is 0.223 e. The summed E-state index contributed by atoms with van der Waals surface area (Å²) in [6.07, 6.45) is 9.53. The molecule has 142 valence electrons. The molecule has 27 heavy (non-hydrogen) atoms. The van der Waals surface area contributed by atoms with Crippen molar-refractivity contribution in [1.29, 1.82) is 0 Å². The average Bonchev–Trinajstić information content (AvgIpc) is 3.34. The van der Waals surface area contributed by atoms with Gasteiger partial charge < -0.3 is 10.2 Å². The predicted molar refractivity (Wildman–Crippen MR) is 107 cm³/mol. The SMILES string of the molecule is Cc1cc(Nc2ccccn2)cc([C@@H]2CCCN2C(=O)CC2CCCC2)n1. The fourth-order valence-corrected chi connectivity index (χ4v) is 4.47. The fourth-order valence-electron chi connectivity index (χ4n) is 4.47. The Morgan fingerprint density at radius 3 is 2.81 bits per heavy atom. The highest BCUT2D eigenvalue weighted by Crippen LogP contribution is 2.35. The van der Waals surface area contributed by atoms with Crippen molar-refractivity contribution in [2.75, 3.05) is 11.9 Å². The van der Waals surface area contributed by atoms with Crippen molar-refractivity contribution < 1.29 is 4.79 Å². The van der Waals surface area contributed by atoms with Crippen molar-refractivity contribution in [3.63, 3.8) is 0 Å². The van der Waals surface area contributed by atoms with E-state index in [1.807, 2.05) is 31.2 Å². The lowest BCUT2D eigenvalue weighted by Crippen LogP contribution is -2.32. The van der Waals surface area contributed by atoms with Crippen molar-refractivity contribution in [2.24, 2.45) is 5.92 Å². The summed E-state index contributed by atoms with van der Waals surface area (Å²) in [4.78, 5) is 24.1. The second kappa shape index (κ2) is 8.07. The number of hydrogen-bond donors (Lipinski definition) is 1. The number of likely N-dealkylation sites (tertiary alicyclic amines) is 1. The van der Waals surface area contributed by atoms with E-state index in [4.69, 9.17) is 4.98 Å². The van der Waals surface area contributed by atoms with Gasteiger partial charge in [0.25, 0.3) is 0 Å². The van der Waals surface area contributed by atoms with Gasteiger partial charge in [0, 0.05) is 30.5 Å². The van der Waals surface area contributed by atoms with Gasteiger partial charge in [-0.25, -0.2) is 4.98 Å². The third kappa shape index (κ3) is 4.29. The highest BCUT2D eigenvalue weighted by Gasteiger charge is 2.32. The number of carbonyl (C=O) groups excluding carboxylic acids is 1. The van der Waals surface area contributed by atoms with E-state index >= 15 is 0 Å². The molecule has 1 amide bonds. The molecule has 1 saturated carbocycles. The topological polar surface area (TPSA) is 58.1 Å². The first-order chi connectivity index (χ1) is 13.2. The van der Waals surface area contributed by atoms with Crippen molar-refractivity contribution >= 4 is 17.4 Å². The normalized spacial score (nSPS) is 20.2. The zero-order chi connectivity index (χ0) is 18.6. The molecule has 2 aromatic rings. The van der Waals surface area contributed by atoms with E-state index in [9.17, 15) is 4.79 Å². The van der Waals surface area contributed by atoms with Crippen LogP contribution in [0.1, 0.15) is 62.4 Å². The second-order valence-electron chi connectivity index (χ2n) is 7.86. The number of pyridine rings is 2. The number of anilines is 2. The number of aryl methyl sites for hydroxylation is 1. The largest absolute Gasteiger partial charge is 0.340 e. The van der Waals surface area contributed by atoms with E-state index in [1.165, 1.54) is 25.7 Å². The van der Waals surface area contributed by atoms with Crippen molar-refractivity contribution in [1.82, 2.24) is 14.9 Å². The Morgan fingerprint density at radius 1 is 1.19 bits per heavy atom. The van der Waals surface area contributed by atoms with Gasteiger partial charge in [0.15, 0.2) is 0 Å². The number of hydrogen-bond acceptors (Lipinski definition) is 4. The van der Waals surface area contributed by atoms with Crippen LogP contribution in [0, 0.1) is 12.8 Å². The van der Waals surface area contributed by atoms with Crippen LogP contribution < -0.4 is 5.32 Å². The molecule has 2 fully saturated rings. The molecule has 1 saturated heterocycles. The van der Waals surface area contributed by atoms with Crippen molar-refractivity contribution in [3.05, 3.63) is 47.9 Å². The van der Waals surface area contributed by atoms with Crippen LogP contribution in [-0.4, -0.2) is 27.3 Å². The molecule has 0 bridgehead atoms. The lowest BCUT2D eigenvalue weighted by atomic mass is 10.0. The lowest BCUT2D eigenvalue weighted by Gasteiger charge is -2.26. The maximum atomic E-state index is 12.9. The van der Waals surface area contributed by atoms with Crippen molar-refractivity contribution in [2.45, 2.75) is 57.9 Å². The second-order valence-corrected chi connectivity index (χ2v) is 7.86. The number of rotatable bonds is 5. The third-order valence-electron chi connectivity index (χ3n) is 5.76. The summed E-state index contributed by atoms with van der Waals surface area (Å²) in [6.45, 7) is 2.86. The fraction of sp³-hybridized carbons (Fsp3) is 0.500. The van der Waals surface area contributed by atoms with Crippen LogP contribution in [0.5, 0.6) is 0 Å². The Morgan fingerprint density at radius 2 is 2.04 bits per heavy atom. The minimum Gasteiger partial charge on any atom is -0.340 e. The molecular formula is C22H28N4O. The summed E-state index contributed by atoms with van der Waals surface area (Å²) in [5.41, 5.74) is 2.93. The molecule has 1 N–H and O–H groups in total. The van der Waals surface area contributed by atoms with Gasteiger partial charge in [-0.05, 0) is 62.8 Å². The minimum atomic E-state index is 0.100. The molecular weight excluding hydrogens is 336 g/mol. The molecule has 1 aliphatic heterocycles. The highest BCUT2D eigenvalue weighted by atomic mass is 16.2. The van der Waals surface area contributed by atoms with E-state index in [1.54, 1.807) is 6.20 Å². The molecule has 2 aromatic heterocycles. The molecule has 0 spiro atoms. The van der Waals surface area contributed by atoms with E-state index in [2.05, 4.69) is 21.3 Å². The van der Waals surface area contributed by atoms with Gasteiger partial charge in [0.1, 0.15) is 5.82 Å². The molecule has 0 unspecified atom stereocenters. The summed E-state index contributed by atoms with van der Waals surface area (Å²) in [7, 11) is 0. The monoisotopic (exact) mass is 364 g/mol. The average molecular weight is 364 g/mol. The predicted octanol–water partition coefficient (Wildman–Crippen LogP) is 4.77. The van der Waals surface area contributed by atoms with Gasteiger partial charge in [0.2, 0.25) is 5.91 Å². The summed E-state index contributed by atoms with van der Waals surface area (Å²) < 4.78 is 0. The zero-order valence-electron chi connectivity index (χ0n) is 16.0. The van der Waals surface area contributed by atoms with Crippen LogP contribution >= 0.6 is 0 Å². The molecule has 0 aromatic carbocycles. The Labute approximate surface area is 161 Å². The molecule has 1 atom stereocenters. The van der Waals surface area contributed by atoms with Crippen LogP contribution in [0.2, 0.25) is 0 Å². The van der Waals surface area contributed by atoms with Crippen LogP contribution in [0.3, 0.4) is 0 Å². The first-order valence-corrected chi connectivity index (χ1v) is 10.1. The Kier molecular flexibility index (Phi) is 5.37. The van der Waals surface area contributed by atoms with Gasteiger partial charge in [-0.1, -0.05) is 18.9 Å². The Bertz CT molecular complexity index is 786. The van der Waals surface area contributed by atoms with Gasteiger partial charge >= 0.3 is 0 Å². The third-order valence-corrected chi connectivity index (χ3v) is 5.76. The number of carbonyl (C=O) groups is 1. The molecule has 2 aliphatic rings. The maximum absolute atomic E-state index is 12.9. The Balaban J connectivity index is 1.51. The highest BCUT2D eigenvalue weighted by molar-refractivity contribution is 5.77. The lowest BCUT2D eigenvalue weighted by molar-refractivity contribution is -0.133. The van der Waals surface area contributed by atoms with Gasteiger partial charge in [0.05, 0.1) is 11.7 Å².